The number of anilines is 2. The van der Waals surface area contributed by atoms with Gasteiger partial charge in [-0.1, -0.05) is 24.6 Å². The Morgan fingerprint density at radius 3 is 2.23 bits per heavy atom. The maximum absolute atomic E-state index is 14.0. The van der Waals surface area contributed by atoms with Crippen molar-refractivity contribution in [1.29, 1.82) is 0 Å². The summed E-state index contributed by atoms with van der Waals surface area (Å²) in [6.45, 7) is 2.74. The zero-order valence-electron chi connectivity index (χ0n) is 19.3. The number of aromatic nitrogens is 2. The molecule has 196 valence electrons. The summed E-state index contributed by atoms with van der Waals surface area (Å²) in [5.41, 5.74) is 0.270. The Balaban J connectivity index is 2.10. The van der Waals surface area contributed by atoms with Crippen LogP contribution < -0.4 is 4.90 Å². The van der Waals surface area contributed by atoms with Gasteiger partial charge in [-0.2, -0.15) is 35.1 Å². The van der Waals surface area contributed by atoms with Crippen LogP contribution in [0.1, 0.15) is 42.3 Å². The lowest BCUT2D eigenvalue weighted by atomic mass is 10.1. The molecule has 2 heterocycles. The van der Waals surface area contributed by atoms with E-state index < -0.39 is 42.8 Å². The first-order valence-corrected chi connectivity index (χ1v) is 11.3. The molecule has 1 aliphatic heterocycles. The molecule has 4 nitrogen and oxygen atoms in total. The fourth-order valence-corrected chi connectivity index (χ4v) is 4.79. The molecule has 0 saturated heterocycles. The third-order valence-electron chi connectivity index (χ3n) is 5.74. The summed E-state index contributed by atoms with van der Waals surface area (Å²) >= 11 is 6.41. The number of rotatable bonds is 7. The fourth-order valence-electron chi connectivity index (χ4n) is 4.36. The first-order chi connectivity index (χ1) is 16.1. The maximum atomic E-state index is 14.0. The van der Waals surface area contributed by atoms with Gasteiger partial charge in [-0.3, -0.25) is 4.90 Å². The van der Waals surface area contributed by atoms with Gasteiger partial charge in [0.25, 0.3) is 0 Å². The van der Waals surface area contributed by atoms with Crippen LogP contribution in [0.4, 0.5) is 46.8 Å². The van der Waals surface area contributed by atoms with E-state index in [9.17, 15) is 35.1 Å². The lowest BCUT2D eigenvalue weighted by Crippen LogP contribution is -2.47. The highest BCUT2D eigenvalue weighted by Crippen LogP contribution is 2.42. The van der Waals surface area contributed by atoms with Gasteiger partial charge in [0.2, 0.25) is 5.95 Å². The van der Waals surface area contributed by atoms with Crippen molar-refractivity contribution in [3.8, 4) is 0 Å². The molecule has 3 rings (SSSR count). The highest BCUT2D eigenvalue weighted by molar-refractivity contribution is 6.33. The van der Waals surface area contributed by atoms with E-state index in [2.05, 4.69) is 4.98 Å². The van der Waals surface area contributed by atoms with Crippen molar-refractivity contribution in [2.75, 3.05) is 24.5 Å². The van der Waals surface area contributed by atoms with Crippen LogP contribution in [0.15, 0.2) is 12.1 Å². The van der Waals surface area contributed by atoms with Gasteiger partial charge < -0.3 is 9.47 Å². The Bertz CT molecular complexity index is 1040. The van der Waals surface area contributed by atoms with E-state index in [-0.39, 0.29) is 25.5 Å². The SMILES string of the molecule is CCCN(Cc1c(C(F)(F)F)nc2n1CCCN2c1c(C)cc(C)cc1Cl)CC(F)(F)C(F)(F)F. The van der Waals surface area contributed by atoms with E-state index in [1.807, 2.05) is 13.0 Å². The quantitative estimate of drug-likeness (QED) is 0.355. The summed E-state index contributed by atoms with van der Waals surface area (Å²) in [6.07, 6.45) is -10.2. The van der Waals surface area contributed by atoms with Crippen LogP contribution in [0.5, 0.6) is 0 Å². The minimum Gasteiger partial charge on any atom is -0.312 e. The summed E-state index contributed by atoms with van der Waals surface area (Å²) in [5, 5.41) is 0.312. The molecule has 1 aromatic heterocycles. The monoisotopic (exact) mass is 532 g/mol. The molecule has 2 aromatic rings. The molecule has 0 bridgehead atoms. The van der Waals surface area contributed by atoms with Gasteiger partial charge in [0, 0.05) is 19.6 Å². The molecule has 0 aliphatic carbocycles. The minimum atomic E-state index is -5.82. The van der Waals surface area contributed by atoms with Crippen LogP contribution in [0.25, 0.3) is 0 Å². The molecule has 0 spiro atoms. The summed E-state index contributed by atoms with van der Waals surface area (Å²) in [6, 6.07) is 3.48. The number of nitrogens with zero attached hydrogens (tertiary/aromatic N) is 4. The van der Waals surface area contributed by atoms with Crippen molar-refractivity contribution >= 4 is 23.2 Å². The van der Waals surface area contributed by atoms with Crippen LogP contribution in [0.2, 0.25) is 5.02 Å². The van der Waals surface area contributed by atoms with Gasteiger partial charge >= 0.3 is 18.3 Å². The number of hydrogen-bond donors (Lipinski definition) is 0. The van der Waals surface area contributed by atoms with Gasteiger partial charge in [-0.25, -0.2) is 4.98 Å². The summed E-state index contributed by atoms with van der Waals surface area (Å²) < 4.78 is 109. The number of imidazole rings is 1. The fraction of sp³-hybridized carbons (Fsp3) is 0.591. The number of fused-ring (bicyclic) bond motifs is 1. The Kier molecular flexibility index (Phi) is 7.67. The minimum absolute atomic E-state index is 0.0774. The average Bonchev–Trinajstić information content (AvgIpc) is 3.06. The molecule has 1 aromatic carbocycles. The van der Waals surface area contributed by atoms with Crippen molar-refractivity contribution in [2.24, 2.45) is 0 Å². The first-order valence-electron chi connectivity index (χ1n) is 10.9. The zero-order valence-corrected chi connectivity index (χ0v) is 20.1. The van der Waals surface area contributed by atoms with E-state index in [1.54, 1.807) is 19.9 Å². The van der Waals surface area contributed by atoms with Crippen LogP contribution in [-0.2, 0) is 19.3 Å². The lowest BCUT2D eigenvalue weighted by molar-refractivity contribution is -0.287. The summed E-state index contributed by atoms with van der Waals surface area (Å²) in [4.78, 5) is 6.04. The maximum Gasteiger partial charge on any atom is 0.454 e. The summed E-state index contributed by atoms with van der Waals surface area (Å²) in [5.74, 6) is -5.16. The number of benzene rings is 1. The number of alkyl halides is 8. The van der Waals surface area contributed by atoms with Crippen LogP contribution in [0, 0.1) is 13.8 Å². The molecule has 0 unspecified atom stereocenters. The third-order valence-corrected chi connectivity index (χ3v) is 6.03. The molecule has 35 heavy (non-hydrogen) atoms. The Morgan fingerprint density at radius 1 is 1.03 bits per heavy atom. The molecule has 0 saturated carbocycles. The van der Waals surface area contributed by atoms with Crippen molar-refractivity contribution in [3.63, 3.8) is 0 Å². The van der Waals surface area contributed by atoms with Crippen molar-refractivity contribution in [3.05, 3.63) is 39.7 Å². The van der Waals surface area contributed by atoms with Crippen molar-refractivity contribution in [2.45, 2.75) is 65.0 Å². The molecular weight excluding hydrogens is 508 g/mol. The van der Waals surface area contributed by atoms with E-state index >= 15 is 0 Å². The van der Waals surface area contributed by atoms with Crippen LogP contribution in [-0.4, -0.2) is 46.2 Å². The van der Waals surface area contributed by atoms with E-state index in [1.165, 1.54) is 9.47 Å². The molecule has 1 aliphatic rings. The average molecular weight is 533 g/mol. The van der Waals surface area contributed by atoms with Gasteiger partial charge in [-0.05, 0) is 50.4 Å². The predicted octanol–water partition coefficient (Wildman–Crippen LogP) is 7.12. The van der Waals surface area contributed by atoms with Crippen molar-refractivity contribution < 1.29 is 35.1 Å². The zero-order chi connectivity index (χ0) is 26.3. The Labute approximate surface area is 202 Å². The topological polar surface area (TPSA) is 24.3 Å². The largest absolute Gasteiger partial charge is 0.454 e. The predicted molar refractivity (Wildman–Crippen MR) is 116 cm³/mol. The Hall–Kier alpha value is -2.08. The molecule has 13 heteroatoms. The first kappa shape index (κ1) is 27.5. The molecule has 0 fully saturated rings. The second kappa shape index (κ2) is 9.76. The second-order valence-corrected chi connectivity index (χ2v) is 9.09. The second-order valence-electron chi connectivity index (χ2n) is 8.69. The highest BCUT2D eigenvalue weighted by atomic mass is 35.5. The highest BCUT2D eigenvalue weighted by Gasteiger charge is 2.58. The molecule has 0 radical (unpaired) electrons. The summed E-state index contributed by atoms with van der Waals surface area (Å²) in [7, 11) is 0. The van der Waals surface area contributed by atoms with E-state index in [4.69, 9.17) is 11.6 Å². The van der Waals surface area contributed by atoms with Gasteiger partial charge in [0.15, 0.2) is 5.69 Å². The lowest BCUT2D eigenvalue weighted by Gasteiger charge is -2.33. The molecular formula is C22H25ClF8N4. The van der Waals surface area contributed by atoms with Crippen LogP contribution >= 0.6 is 11.6 Å². The molecule has 0 atom stereocenters. The van der Waals surface area contributed by atoms with E-state index in [0.717, 1.165) is 5.56 Å². The van der Waals surface area contributed by atoms with Gasteiger partial charge in [-0.15, -0.1) is 0 Å². The standard InChI is InChI=1S/C22H25ClF8N4/c1-4-6-33(12-20(24,25)22(29,30)31)11-16-18(21(26,27)28)32-19-34(16)7-5-8-35(19)17-14(3)9-13(2)10-15(17)23/h9-10H,4-8,11-12H2,1-3H3. The molecule has 0 amide bonds. The van der Waals surface area contributed by atoms with Gasteiger partial charge in [0.1, 0.15) is 0 Å². The number of aryl methyl sites for hydroxylation is 2. The normalized spacial score (nSPS) is 15.2. The van der Waals surface area contributed by atoms with Crippen LogP contribution in [0.3, 0.4) is 0 Å². The smallest absolute Gasteiger partial charge is 0.312 e. The van der Waals surface area contributed by atoms with E-state index in [0.29, 0.717) is 34.1 Å². The van der Waals surface area contributed by atoms with Crippen molar-refractivity contribution in [1.82, 2.24) is 14.5 Å². The third kappa shape index (κ3) is 5.68. The number of hydrogen-bond acceptors (Lipinski definition) is 3. The van der Waals surface area contributed by atoms with Gasteiger partial charge in [0.05, 0.1) is 22.9 Å². The number of halogens is 9. The molecule has 0 N–H and O–H groups in total. The Morgan fingerprint density at radius 2 is 1.69 bits per heavy atom.